The van der Waals surface area contributed by atoms with Gasteiger partial charge in [0.1, 0.15) is 0 Å². The van der Waals surface area contributed by atoms with E-state index in [2.05, 4.69) is 13.0 Å². The molecule has 0 aromatic heterocycles. The standard InChI is InChI=1S/C16H26O3/c1-4-19-16(18)11(3)9-12-6-5-10(2)13-7-8-14(17)15(12)13/h9-10,12-15,17H,4-8H2,1-3H3/b11-9+/t10-,12+,13?,14+,15-/m1/s1. The molecule has 2 rings (SSSR count). The third-order valence-corrected chi connectivity index (χ3v) is 4.98. The third kappa shape index (κ3) is 3.02. The monoisotopic (exact) mass is 266 g/mol. The maximum Gasteiger partial charge on any atom is 0.333 e. The lowest BCUT2D eigenvalue weighted by atomic mass is 9.68. The van der Waals surface area contributed by atoms with Gasteiger partial charge in [-0.25, -0.2) is 4.79 Å². The van der Waals surface area contributed by atoms with E-state index in [1.165, 1.54) is 6.42 Å². The van der Waals surface area contributed by atoms with Gasteiger partial charge in [0.2, 0.25) is 0 Å². The average molecular weight is 266 g/mol. The van der Waals surface area contributed by atoms with Gasteiger partial charge in [0.15, 0.2) is 0 Å². The van der Waals surface area contributed by atoms with Gasteiger partial charge in [0.05, 0.1) is 12.7 Å². The molecule has 5 atom stereocenters. The summed E-state index contributed by atoms with van der Waals surface area (Å²) in [7, 11) is 0. The van der Waals surface area contributed by atoms with Gasteiger partial charge >= 0.3 is 5.97 Å². The second-order valence-corrected chi connectivity index (χ2v) is 6.17. The molecule has 0 radical (unpaired) electrons. The van der Waals surface area contributed by atoms with Crippen molar-refractivity contribution in [3.8, 4) is 0 Å². The second-order valence-electron chi connectivity index (χ2n) is 6.17. The number of fused-ring (bicyclic) bond motifs is 1. The number of rotatable bonds is 3. The molecule has 2 aliphatic rings. The smallest absolute Gasteiger partial charge is 0.333 e. The maximum atomic E-state index is 11.7. The van der Waals surface area contributed by atoms with Gasteiger partial charge in [-0.15, -0.1) is 0 Å². The van der Waals surface area contributed by atoms with E-state index in [4.69, 9.17) is 4.74 Å². The van der Waals surface area contributed by atoms with Crippen LogP contribution in [0.4, 0.5) is 0 Å². The molecule has 19 heavy (non-hydrogen) atoms. The number of hydrogen-bond donors (Lipinski definition) is 1. The SMILES string of the molecule is CCOC(=O)/C(C)=C/[C@@H]1CC[C@@H](C)C2CC[C@H](O)[C@@H]21. The minimum absolute atomic E-state index is 0.191. The molecule has 0 aromatic rings. The number of carbonyl (C=O) groups excluding carboxylic acids is 1. The van der Waals surface area contributed by atoms with Crippen molar-refractivity contribution in [2.45, 2.75) is 52.6 Å². The van der Waals surface area contributed by atoms with Crippen LogP contribution in [-0.4, -0.2) is 23.8 Å². The molecule has 1 N–H and O–H groups in total. The van der Waals surface area contributed by atoms with Gasteiger partial charge in [0, 0.05) is 5.57 Å². The molecule has 2 fully saturated rings. The topological polar surface area (TPSA) is 46.5 Å². The fourth-order valence-electron chi connectivity index (χ4n) is 3.99. The van der Waals surface area contributed by atoms with Crippen LogP contribution >= 0.6 is 0 Å². The summed E-state index contributed by atoms with van der Waals surface area (Å²) in [5.41, 5.74) is 0.694. The summed E-state index contributed by atoms with van der Waals surface area (Å²) in [5, 5.41) is 10.2. The van der Waals surface area contributed by atoms with Gasteiger partial charge in [0.25, 0.3) is 0 Å². The Kier molecular flexibility index (Phi) is 4.67. The Bertz CT molecular complexity index is 361. The summed E-state index contributed by atoms with van der Waals surface area (Å²) in [4.78, 5) is 11.7. The molecule has 2 saturated carbocycles. The molecule has 0 aliphatic heterocycles. The summed E-state index contributed by atoms with van der Waals surface area (Å²) in [6.45, 7) is 6.37. The highest BCUT2D eigenvalue weighted by Gasteiger charge is 2.44. The first-order valence-electron chi connectivity index (χ1n) is 7.58. The van der Waals surface area contributed by atoms with Crippen LogP contribution in [0, 0.1) is 23.7 Å². The van der Waals surface area contributed by atoms with Crippen molar-refractivity contribution < 1.29 is 14.6 Å². The van der Waals surface area contributed by atoms with Crippen LogP contribution in [0.5, 0.6) is 0 Å². The van der Waals surface area contributed by atoms with E-state index in [9.17, 15) is 9.90 Å². The van der Waals surface area contributed by atoms with E-state index in [0.29, 0.717) is 35.9 Å². The molecule has 0 amide bonds. The van der Waals surface area contributed by atoms with Crippen LogP contribution in [0.1, 0.15) is 46.5 Å². The molecule has 0 aromatic carbocycles. The number of aliphatic hydroxyl groups is 1. The summed E-state index contributed by atoms with van der Waals surface area (Å²) >= 11 is 0. The Balaban J connectivity index is 2.11. The minimum atomic E-state index is -0.217. The first-order valence-corrected chi connectivity index (χ1v) is 7.58. The quantitative estimate of drug-likeness (QED) is 0.631. The van der Waals surface area contributed by atoms with E-state index in [1.807, 2.05) is 13.8 Å². The number of aliphatic hydroxyl groups excluding tert-OH is 1. The summed E-state index contributed by atoms with van der Waals surface area (Å²) in [6.07, 6.45) is 6.19. The Hall–Kier alpha value is -0.830. The molecule has 1 unspecified atom stereocenters. The Labute approximate surface area is 116 Å². The van der Waals surface area contributed by atoms with Crippen LogP contribution in [0.3, 0.4) is 0 Å². The lowest BCUT2D eigenvalue weighted by Crippen LogP contribution is -2.34. The Morgan fingerprint density at radius 2 is 2.05 bits per heavy atom. The first kappa shape index (κ1) is 14.6. The molecule has 0 spiro atoms. The van der Waals surface area contributed by atoms with Crippen molar-refractivity contribution in [3.05, 3.63) is 11.6 Å². The highest BCUT2D eigenvalue weighted by molar-refractivity contribution is 5.87. The fourth-order valence-corrected chi connectivity index (χ4v) is 3.99. The zero-order valence-corrected chi connectivity index (χ0v) is 12.3. The summed E-state index contributed by atoms with van der Waals surface area (Å²) in [6, 6.07) is 0. The number of carbonyl (C=O) groups is 1. The van der Waals surface area contributed by atoms with Gasteiger partial charge in [-0.05, 0) is 63.2 Å². The minimum Gasteiger partial charge on any atom is -0.463 e. The van der Waals surface area contributed by atoms with Crippen LogP contribution in [0.25, 0.3) is 0 Å². The van der Waals surface area contributed by atoms with Crippen molar-refractivity contribution in [2.75, 3.05) is 6.61 Å². The van der Waals surface area contributed by atoms with Crippen molar-refractivity contribution in [1.29, 1.82) is 0 Å². The molecular weight excluding hydrogens is 240 g/mol. The fraction of sp³-hybridized carbons (Fsp3) is 0.812. The van der Waals surface area contributed by atoms with Gasteiger partial charge < -0.3 is 9.84 Å². The van der Waals surface area contributed by atoms with E-state index in [0.717, 1.165) is 19.3 Å². The zero-order valence-electron chi connectivity index (χ0n) is 12.3. The molecule has 3 nitrogen and oxygen atoms in total. The zero-order chi connectivity index (χ0) is 14.0. The van der Waals surface area contributed by atoms with E-state index in [-0.39, 0.29) is 12.1 Å². The van der Waals surface area contributed by atoms with E-state index < -0.39 is 0 Å². The number of ether oxygens (including phenoxy) is 1. The van der Waals surface area contributed by atoms with Crippen molar-refractivity contribution in [3.63, 3.8) is 0 Å². The third-order valence-electron chi connectivity index (χ3n) is 4.98. The van der Waals surface area contributed by atoms with Crippen LogP contribution < -0.4 is 0 Å². The molecular formula is C16H26O3. The highest BCUT2D eigenvalue weighted by Crippen LogP contribution is 2.49. The Morgan fingerprint density at radius 3 is 2.74 bits per heavy atom. The van der Waals surface area contributed by atoms with Crippen LogP contribution in [0.15, 0.2) is 11.6 Å². The largest absolute Gasteiger partial charge is 0.463 e. The normalized spacial score (nSPS) is 38.9. The maximum absolute atomic E-state index is 11.7. The average Bonchev–Trinajstić information content (AvgIpc) is 2.76. The highest BCUT2D eigenvalue weighted by atomic mass is 16.5. The molecule has 108 valence electrons. The molecule has 0 bridgehead atoms. The molecule has 3 heteroatoms. The van der Waals surface area contributed by atoms with Crippen LogP contribution in [-0.2, 0) is 9.53 Å². The van der Waals surface area contributed by atoms with Gasteiger partial charge in [-0.2, -0.15) is 0 Å². The second kappa shape index (κ2) is 6.08. The summed E-state index contributed by atoms with van der Waals surface area (Å²) in [5.74, 6) is 1.79. The lowest BCUT2D eigenvalue weighted by molar-refractivity contribution is -0.138. The van der Waals surface area contributed by atoms with Crippen molar-refractivity contribution >= 4 is 5.97 Å². The lowest BCUT2D eigenvalue weighted by Gasteiger charge is -2.38. The predicted molar refractivity (Wildman–Crippen MR) is 74.5 cm³/mol. The van der Waals surface area contributed by atoms with E-state index >= 15 is 0 Å². The number of esters is 1. The van der Waals surface area contributed by atoms with Crippen LogP contribution in [0.2, 0.25) is 0 Å². The molecule has 2 aliphatic carbocycles. The van der Waals surface area contributed by atoms with Crippen molar-refractivity contribution in [1.82, 2.24) is 0 Å². The Morgan fingerprint density at radius 1 is 1.32 bits per heavy atom. The molecule has 0 saturated heterocycles. The van der Waals surface area contributed by atoms with E-state index in [1.54, 1.807) is 0 Å². The number of allylic oxidation sites excluding steroid dienone is 1. The summed E-state index contributed by atoms with van der Waals surface area (Å²) < 4.78 is 5.03. The molecule has 0 heterocycles. The predicted octanol–water partition coefficient (Wildman–Crippen LogP) is 2.93. The first-order chi connectivity index (χ1) is 9.04. The van der Waals surface area contributed by atoms with Gasteiger partial charge in [-0.1, -0.05) is 13.0 Å². The van der Waals surface area contributed by atoms with Gasteiger partial charge in [-0.3, -0.25) is 0 Å². The number of hydrogen-bond acceptors (Lipinski definition) is 3. The van der Waals surface area contributed by atoms with Crippen molar-refractivity contribution in [2.24, 2.45) is 23.7 Å².